The zero-order valence-electron chi connectivity index (χ0n) is 26.4. The number of nitriles is 2. The fourth-order valence-electron chi connectivity index (χ4n) is 7.35. The summed E-state index contributed by atoms with van der Waals surface area (Å²) in [6, 6.07) is 49.7. The SMILES string of the molecule is N#Cc1ccc(-n2c3ccccc3c3cc(-c4ccc(-n5c6ccccc6c6ccccc65)c(C#N)c4)ccc32)c(-c2c(F)cccc2F)c1. The molecule has 0 amide bonds. The molecule has 2 heterocycles. The molecule has 9 aromatic rings. The number of benzene rings is 7. The number of hydrogen-bond donors (Lipinski definition) is 0. The molecule has 7 aromatic carbocycles. The maximum absolute atomic E-state index is 15.2. The summed E-state index contributed by atoms with van der Waals surface area (Å²) in [5.74, 6) is -1.41. The van der Waals surface area contributed by atoms with Crippen molar-refractivity contribution in [2.75, 3.05) is 0 Å². The van der Waals surface area contributed by atoms with E-state index in [1.54, 1.807) is 12.1 Å². The first-order valence-corrected chi connectivity index (χ1v) is 16.1. The van der Waals surface area contributed by atoms with Crippen molar-refractivity contribution in [3.8, 4) is 45.8 Å². The largest absolute Gasteiger partial charge is 0.309 e. The standard InChI is InChI=1S/C44H24F2N4/c45-36-11-7-12-37(46)44(36)35-22-27(25-47)16-19-43(35)50-41-15-6-3-10-33(41)34-24-29(18-21-42(34)50)28-17-20-38(30(23-28)26-48)49-39-13-4-1-8-31(39)32-9-2-5-14-40(32)49/h1-24H. The quantitative estimate of drug-likeness (QED) is 0.191. The molecule has 9 rings (SSSR count). The average Bonchev–Trinajstić information content (AvgIpc) is 3.67. The van der Waals surface area contributed by atoms with Crippen LogP contribution in [0.3, 0.4) is 0 Å². The van der Waals surface area contributed by atoms with Crippen molar-refractivity contribution in [2.24, 2.45) is 0 Å². The predicted molar refractivity (Wildman–Crippen MR) is 195 cm³/mol. The number of fused-ring (bicyclic) bond motifs is 6. The summed E-state index contributed by atoms with van der Waals surface area (Å²) >= 11 is 0. The van der Waals surface area contributed by atoms with Gasteiger partial charge >= 0.3 is 0 Å². The van der Waals surface area contributed by atoms with Crippen LogP contribution >= 0.6 is 0 Å². The molecule has 0 saturated carbocycles. The molecular weight excluding hydrogens is 623 g/mol. The van der Waals surface area contributed by atoms with E-state index in [4.69, 9.17) is 0 Å². The van der Waals surface area contributed by atoms with Crippen LogP contribution in [0.2, 0.25) is 0 Å². The van der Waals surface area contributed by atoms with Crippen molar-refractivity contribution in [2.45, 2.75) is 0 Å². The van der Waals surface area contributed by atoms with Crippen LogP contribution in [0.4, 0.5) is 8.78 Å². The van der Waals surface area contributed by atoms with E-state index in [2.05, 4.69) is 47.0 Å². The lowest BCUT2D eigenvalue weighted by Gasteiger charge is -2.16. The predicted octanol–water partition coefficient (Wildman–Crippen LogP) is 11.2. The number of nitrogens with zero attached hydrogens (tertiary/aromatic N) is 4. The summed E-state index contributed by atoms with van der Waals surface area (Å²) in [5, 5.41) is 24.3. The average molecular weight is 647 g/mol. The molecule has 50 heavy (non-hydrogen) atoms. The summed E-state index contributed by atoms with van der Waals surface area (Å²) in [6.07, 6.45) is 0. The van der Waals surface area contributed by atoms with E-state index in [9.17, 15) is 10.5 Å². The normalized spacial score (nSPS) is 11.4. The van der Waals surface area contributed by atoms with Gasteiger partial charge in [-0.25, -0.2) is 8.78 Å². The van der Waals surface area contributed by atoms with Crippen LogP contribution < -0.4 is 0 Å². The molecule has 0 radical (unpaired) electrons. The van der Waals surface area contributed by atoms with Gasteiger partial charge in [0.1, 0.15) is 17.7 Å². The zero-order valence-corrected chi connectivity index (χ0v) is 26.4. The molecule has 0 fully saturated rings. The summed E-state index contributed by atoms with van der Waals surface area (Å²) in [7, 11) is 0. The number of para-hydroxylation sites is 3. The van der Waals surface area contributed by atoms with E-state index in [1.165, 1.54) is 24.3 Å². The van der Waals surface area contributed by atoms with Gasteiger partial charge in [0, 0.05) is 27.1 Å². The van der Waals surface area contributed by atoms with E-state index in [1.807, 2.05) is 83.4 Å². The third-order valence-corrected chi connectivity index (χ3v) is 9.54. The lowest BCUT2D eigenvalue weighted by atomic mass is 9.99. The van der Waals surface area contributed by atoms with Gasteiger partial charge in [-0.2, -0.15) is 10.5 Å². The Morgan fingerprint density at radius 2 is 0.960 bits per heavy atom. The Kier molecular flexibility index (Phi) is 6.59. The fraction of sp³-hybridized carbons (Fsp3) is 0. The molecule has 0 bridgehead atoms. The third kappa shape index (κ3) is 4.33. The van der Waals surface area contributed by atoms with Gasteiger partial charge in [0.15, 0.2) is 0 Å². The fourth-order valence-corrected chi connectivity index (χ4v) is 7.35. The Bertz CT molecular complexity index is 2860. The van der Waals surface area contributed by atoms with Crippen LogP contribution in [0.15, 0.2) is 146 Å². The van der Waals surface area contributed by atoms with Crippen LogP contribution in [-0.4, -0.2) is 9.13 Å². The molecule has 2 aromatic heterocycles. The highest BCUT2D eigenvalue weighted by atomic mass is 19.1. The summed E-state index contributed by atoms with van der Waals surface area (Å²) in [5.41, 5.74) is 7.85. The van der Waals surface area contributed by atoms with Crippen LogP contribution in [0.1, 0.15) is 11.1 Å². The van der Waals surface area contributed by atoms with Crippen LogP contribution in [0, 0.1) is 34.3 Å². The van der Waals surface area contributed by atoms with Gasteiger partial charge in [0.05, 0.1) is 56.2 Å². The molecule has 0 aliphatic rings. The molecule has 0 atom stereocenters. The molecule has 6 heteroatoms. The lowest BCUT2D eigenvalue weighted by molar-refractivity contribution is 0.589. The van der Waals surface area contributed by atoms with E-state index in [-0.39, 0.29) is 11.1 Å². The van der Waals surface area contributed by atoms with Gasteiger partial charge in [-0.3, -0.25) is 0 Å². The molecule has 4 nitrogen and oxygen atoms in total. The maximum atomic E-state index is 15.2. The van der Waals surface area contributed by atoms with Gasteiger partial charge in [-0.05, 0) is 83.9 Å². The minimum absolute atomic E-state index is 0.186. The van der Waals surface area contributed by atoms with E-state index in [0.717, 1.165) is 60.4 Å². The van der Waals surface area contributed by atoms with Crippen LogP contribution in [-0.2, 0) is 0 Å². The Balaban J connectivity index is 1.24. The van der Waals surface area contributed by atoms with Gasteiger partial charge in [0.2, 0.25) is 0 Å². The molecular formula is C44H24F2N4. The van der Waals surface area contributed by atoms with E-state index in [0.29, 0.717) is 16.8 Å². The second-order valence-electron chi connectivity index (χ2n) is 12.2. The smallest absolute Gasteiger partial charge is 0.134 e. The minimum atomic E-state index is -0.706. The highest BCUT2D eigenvalue weighted by molar-refractivity contribution is 6.11. The highest BCUT2D eigenvalue weighted by Gasteiger charge is 2.21. The Labute approximate surface area is 285 Å². The van der Waals surface area contributed by atoms with Gasteiger partial charge in [0.25, 0.3) is 0 Å². The first-order chi connectivity index (χ1) is 24.6. The second-order valence-corrected chi connectivity index (χ2v) is 12.2. The van der Waals surface area contributed by atoms with Crippen molar-refractivity contribution in [1.29, 1.82) is 10.5 Å². The molecule has 0 aliphatic carbocycles. The van der Waals surface area contributed by atoms with E-state index < -0.39 is 11.6 Å². The van der Waals surface area contributed by atoms with Gasteiger partial charge < -0.3 is 9.13 Å². The van der Waals surface area contributed by atoms with Crippen LogP contribution in [0.5, 0.6) is 0 Å². The Hall–Kier alpha value is -7.02. The molecule has 0 unspecified atom stereocenters. The summed E-state index contributed by atoms with van der Waals surface area (Å²) in [4.78, 5) is 0. The monoisotopic (exact) mass is 646 g/mol. The molecule has 0 saturated heterocycles. The third-order valence-electron chi connectivity index (χ3n) is 9.54. The molecule has 0 aliphatic heterocycles. The summed E-state index contributed by atoms with van der Waals surface area (Å²) in [6.45, 7) is 0. The van der Waals surface area contributed by atoms with Crippen molar-refractivity contribution in [1.82, 2.24) is 9.13 Å². The van der Waals surface area contributed by atoms with Crippen molar-refractivity contribution >= 4 is 43.6 Å². The minimum Gasteiger partial charge on any atom is -0.309 e. The topological polar surface area (TPSA) is 57.4 Å². The van der Waals surface area contributed by atoms with Gasteiger partial charge in [-0.15, -0.1) is 0 Å². The lowest BCUT2D eigenvalue weighted by Crippen LogP contribution is -2.00. The number of aromatic nitrogens is 2. The molecule has 0 N–H and O–H groups in total. The van der Waals surface area contributed by atoms with Crippen molar-refractivity contribution in [3.63, 3.8) is 0 Å². The van der Waals surface area contributed by atoms with E-state index >= 15 is 8.78 Å². The van der Waals surface area contributed by atoms with Crippen molar-refractivity contribution in [3.05, 3.63) is 168 Å². The number of halogens is 2. The first kappa shape index (κ1) is 29.1. The zero-order chi connectivity index (χ0) is 33.9. The first-order valence-electron chi connectivity index (χ1n) is 16.1. The Morgan fingerprint density at radius 3 is 1.58 bits per heavy atom. The molecule has 0 spiro atoms. The second kappa shape index (κ2) is 11.3. The summed E-state index contributed by atoms with van der Waals surface area (Å²) < 4.78 is 34.6. The maximum Gasteiger partial charge on any atom is 0.134 e. The number of rotatable bonds is 4. The van der Waals surface area contributed by atoms with Gasteiger partial charge in [-0.1, -0.05) is 72.8 Å². The van der Waals surface area contributed by atoms with Crippen molar-refractivity contribution < 1.29 is 8.78 Å². The highest BCUT2D eigenvalue weighted by Crippen LogP contribution is 2.40. The van der Waals surface area contributed by atoms with Crippen LogP contribution in [0.25, 0.3) is 77.2 Å². The Morgan fingerprint density at radius 1 is 0.440 bits per heavy atom. The molecule has 234 valence electrons. The number of hydrogen-bond acceptors (Lipinski definition) is 2.